The maximum Gasteiger partial charge on any atom is 0.232 e. The van der Waals surface area contributed by atoms with Crippen LogP contribution in [0.3, 0.4) is 0 Å². The van der Waals surface area contributed by atoms with Crippen molar-refractivity contribution in [1.29, 1.82) is 5.26 Å². The average Bonchev–Trinajstić information content (AvgIpc) is 2.47. The van der Waals surface area contributed by atoms with Gasteiger partial charge in [-0.25, -0.2) is 0 Å². The molecule has 5 nitrogen and oxygen atoms in total. The lowest BCUT2D eigenvalue weighted by Gasteiger charge is -2.14. The summed E-state index contributed by atoms with van der Waals surface area (Å²) >= 11 is 1.24. The van der Waals surface area contributed by atoms with Gasteiger partial charge in [-0.1, -0.05) is 0 Å². The van der Waals surface area contributed by atoms with Gasteiger partial charge < -0.3 is 15.1 Å². The van der Waals surface area contributed by atoms with Crippen molar-refractivity contribution < 1.29 is 15.0 Å². The standard InChI is InChI=1S/C8H12N2O3S/c9-1-2-14-5-8(13)10-3-6(11)7(12)4-10/h6-7,11-12H,2-5H2. The number of aliphatic hydroxyl groups is 2. The van der Waals surface area contributed by atoms with E-state index in [0.29, 0.717) is 0 Å². The molecule has 1 aliphatic heterocycles. The summed E-state index contributed by atoms with van der Waals surface area (Å²) in [7, 11) is 0. The van der Waals surface area contributed by atoms with Crippen LogP contribution in [0.25, 0.3) is 0 Å². The molecule has 1 amide bonds. The number of hydrogen-bond donors (Lipinski definition) is 2. The zero-order chi connectivity index (χ0) is 10.6. The highest BCUT2D eigenvalue weighted by Crippen LogP contribution is 2.12. The second-order valence-corrected chi connectivity index (χ2v) is 4.07. The van der Waals surface area contributed by atoms with Gasteiger partial charge in [0.2, 0.25) is 5.91 Å². The second-order valence-electron chi connectivity index (χ2n) is 3.08. The van der Waals surface area contributed by atoms with E-state index in [1.807, 2.05) is 6.07 Å². The van der Waals surface area contributed by atoms with Crippen molar-refractivity contribution in [2.45, 2.75) is 12.2 Å². The molecule has 0 bridgehead atoms. The van der Waals surface area contributed by atoms with Crippen molar-refractivity contribution in [3.8, 4) is 6.07 Å². The van der Waals surface area contributed by atoms with Gasteiger partial charge >= 0.3 is 0 Å². The Hall–Kier alpha value is -0.770. The van der Waals surface area contributed by atoms with Crippen molar-refractivity contribution in [1.82, 2.24) is 4.90 Å². The smallest absolute Gasteiger partial charge is 0.232 e. The van der Waals surface area contributed by atoms with Crippen LogP contribution in [0.2, 0.25) is 0 Å². The molecule has 2 atom stereocenters. The fourth-order valence-corrected chi connectivity index (χ4v) is 1.80. The number of thioether (sulfide) groups is 1. The Morgan fingerprint density at radius 3 is 2.57 bits per heavy atom. The van der Waals surface area contributed by atoms with Crippen LogP contribution in [-0.4, -0.2) is 57.8 Å². The highest BCUT2D eigenvalue weighted by molar-refractivity contribution is 8.00. The van der Waals surface area contributed by atoms with E-state index in [9.17, 15) is 15.0 Å². The number of carbonyl (C=O) groups excluding carboxylic acids is 1. The molecular formula is C8H12N2O3S. The summed E-state index contributed by atoms with van der Waals surface area (Å²) in [5, 5.41) is 26.6. The van der Waals surface area contributed by atoms with Crippen LogP contribution in [0, 0.1) is 11.3 Å². The van der Waals surface area contributed by atoms with E-state index in [4.69, 9.17) is 5.26 Å². The molecule has 14 heavy (non-hydrogen) atoms. The average molecular weight is 216 g/mol. The van der Waals surface area contributed by atoms with Gasteiger partial charge in [-0.3, -0.25) is 4.79 Å². The molecule has 2 N–H and O–H groups in total. The summed E-state index contributed by atoms with van der Waals surface area (Å²) in [6, 6.07) is 1.92. The van der Waals surface area contributed by atoms with E-state index in [-0.39, 0.29) is 30.5 Å². The Kier molecular flexibility index (Phi) is 4.20. The number of likely N-dealkylation sites (tertiary alicyclic amines) is 1. The molecule has 1 fully saturated rings. The molecule has 0 aliphatic carbocycles. The van der Waals surface area contributed by atoms with Crippen LogP contribution < -0.4 is 0 Å². The largest absolute Gasteiger partial charge is 0.388 e. The zero-order valence-corrected chi connectivity index (χ0v) is 8.40. The first-order valence-corrected chi connectivity index (χ1v) is 5.39. The topological polar surface area (TPSA) is 84.6 Å². The normalized spacial score (nSPS) is 26.2. The molecule has 1 aliphatic rings. The van der Waals surface area contributed by atoms with E-state index in [2.05, 4.69) is 0 Å². The Bertz CT molecular complexity index is 243. The third-order valence-electron chi connectivity index (χ3n) is 2.00. The van der Waals surface area contributed by atoms with Gasteiger partial charge in [0.05, 0.1) is 29.8 Å². The first kappa shape index (κ1) is 11.3. The molecular weight excluding hydrogens is 204 g/mol. The van der Waals surface area contributed by atoms with Crippen molar-refractivity contribution >= 4 is 17.7 Å². The van der Waals surface area contributed by atoms with E-state index < -0.39 is 12.2 Å². The zero-order valence-electron chi connectivity index (χ0n) is 7.59. The van der Waals surface area contributed by atoms with Crippen molar-refractivity contribution in [2.75, 3.05) is 24.6 Å². The van der Waals surface area contributed by atoms with Crippen LogP contribution in [-0.2, 0) is 4.79 Å². The first-order chi connectivity index (χ1) is 6.65. The van der Waals surface area contributed by atoms with Gasteiger partial charge in [0.15, 0.2) is 0 Å². The molecule has 1 heterocycles. The number of amides is 1. The summed E-state index contributed by atoms with van der Waals surface area (Å²) in [5.74, 6) is 0.373. The third kappa shape index (κ3) is 2.87. The number of rotatable bonds is 3. The van der Waals surface area contributed by atoms with Crippen LogP contribution in [0.15, 0.2) is 0 Å². The molecule has 0 radical (unpaired) electrons. The first-order valence-electron chi connectivity index (χ1n) is 4.23. The minimum atomic E-state index is -0.833. The highest BCUT2D eigenvalue weighted by atomic mass is 32.2. The lowest BCUT2D eigenvalue weighted by molar-refractivity contribution is -0.127. The monoisotopic (exact) mass is 216 g/mol. The minimum Gasteiger partial charge on any atom is -0.388 e. The van der Waals surface area contributed by atoms with Crippen LogP contribution in [0.5, 0.6) is 0 Å². The number of β-amino-alcohol motifs (C(OH)–C–C–N with tert-alkyl or cyclic N) is 2. The summed E-state index contributed by atoms with van der Waals surface area (Å²) in [4.78, 5) is 12.8. The fraction of sp³-hybridized carbons (Fsp3) is 0.750. The minimum absolute atomic E-state index is 0.138. The van der Waals surface area contributed by atoms with E-state index in [0.717, 1.165) is 0 Å². The Labute approximate surface area is 86.3 Å². The molecule has 0 saturated carbocycles. The molecule has 0 aromatic rings. The van der Waals surface area contributed by atoms with Crippen molar-refractivity contribution in [3.05, 3.63) is 0 Å². The number of nitriles is 1. The van der Waals surface area contributed by atoms with Gasteiger partial charge in [-0.2, -0.15) is 5.26 Å². The fourth-order valence-electron chi connectivity index (χ4n) is 1.25. The summed E-state index contributed by atoms with van der Waals surface area (Å²) < 4.78 is 0. The number of nitrogens with zero attached hydrogens (tertiary/aromatic N) is 2. The Morgan fingerprint density at radius 2 is 2.07 bits per heavy atom. The van der Waals surface area contributed by atoms with Gasteiger partial charge in [0.25, 0.3) is 0 Å². The molecule has 2 unspecified atom stereocenters. The van der Waals surface area contributed by atoms with Gasteiger partial charge in [0, 0.05) is 13.1 Å². The van der Waals surface area contributed by atoms with Gasteiger partial charge in [0.1, 0.15) is 0 Å². The lowest BCUT2D eigenvalue weighted by atomic mass is 10.3. The lowest BCUT2D eigenvalue weighted by Crippen LogP contribution is -2.31. The van der Waals surface area contributed by atoms with Crippen LogP contribution >= 0.6 is 11.8 Å². The van der Waals surface area contributed by atoms with E-state index >= 15 is 0 Å². The second kappa shape index (κ2) is 5.20. The Morgan fingerprint density at radius 1 is 1.50 bits per heavy atom. The highest BCUT2D eigenvalue weighted by Gasteiger charge is 2.31. The molecule has 0 aromatic heterocycles. The van der Waals surface area contributed by atoms with E-state index in [1.165, 1.54) is 16.7 Å². The van der Waals surface area contributed by atoms with Crippen LogP contribution in [0.4, 0.5) is 0 Å². The summed E-state index contributed by atoms with van der Waals surface area (Å²) in [6.45, 7) is 0.375. The molecule has 1 rings (SSSR count). The van der Waals surface area contributed by atoms with Gasteiger partial charge in [-0.15, -0.1) is 11.8 Å². The molecule has 0 spiro atoms. The maximum absolute atomic E-state index is 11.4. The summed E-state index contributed by atoms with van der Waals surface area (Å²) in [6.07, 6.45) is -1.67. The molecule has 0 aromatic carbocycles. The maximum atomic E-state index is 11.4. The van der Waals surface area contributed by atoms with E-state index in [1.54, 1.807) is 0 Å². The number of hydrogen-bond acceptors (Lipinski definition) is 5. The predicted octanol–water partition coefficient (Wildman–Crippen LogP) is -1.19. The number of aliphatic hydroxyl groups excluding tert-OH is 2. The Balaban J connectivity index is 2.29. The summed E-state index contributed by atoms with van der Waals surface area (Å²) in [5.41, 5.74) is 0. The predicted molar refractivity (Wildman–Crippen MR) is 51.5 cm³/mol. The van der Waals surface area contributed by atoms with Gasteiger partial charge in [-0.05, 0) is 0 Å². The number of carbonyl (C=O) groups is 1. The molecule has 78 valence electrons. The SMILES string of the molecule is N#CCSCC(=O)N1CC(O)C(O)C1. The molecule has 1 saturated heterocycles. The third-order valence-corrected chi connectivity index (χ3v) is 2.79. The quantitative estimate of drug-likeness (QED) is 0.579. The van der Waals surface area contributed by atoms with Crippen LogP contribution in [0.1, 0.15) is 0 Å². The van der Waals surface area contributed by atoms with Crippen molar-refractivity contribution in [3.63, 3.8) is 0 Å². The molecule has 6 heteroatoms. The van der Waals surface area contributed by atoms with Crippen molar-refractivity contribution in [2.24, 2.45) is 0 Å².